The number of nitrogens with zero attached hydrogens (tertiary/aromatic N) is 1. The fraction of sp³-hybridized carbons (Fsp3) is 0.533. The van der Waals surface area contributed by atoms with Crippen LogP contribution in [0.4, 0.5) is 0 Å². The highest BCUT2D eigenvalue weighted by Gasteiger charge is 2.46. The van der Waals surface area contributed by atoms with E-state index in [1.54, 1.807) is 24.3 Å². The number of carbonyl (C=O) groups is 1. The van der Waals surface area contributed by atoms with Gasteiger partial charge in [0, 0.05) is 18.2 Å². The van der Waals surface area contributed by atoms with Crippen LogP contribution in [0.25, 0.3) is 0 Å². The number of halogens is 1. The Labute approximate surface area is 125 Å². The maximum atomic E-state index is 10.9. The van der Waals surface area contributed by atoms with Gasteiger partial charge in [-0.15, -0.1) is 12.4 Å². The van der Waals surface area contributed by atoms with Crippen LogP contribution in [0.5, 0.6) is 5.75 Å². The summed E-state index contributed by atoms with van der Waals surface area (Å²) in [6.07, 6.45) is 3.86. The molecule has 0 spiro atoms. The summed E-state index contributed by atoms with van der Waals surface area (Å²) in [7, 11) is 0. The Bertz CT molecular complexity index is 463. The first-order chi connectivity index (χ1) is 9.24. The molecule has 1 aliphatic carbocycles. The highest BCUT2D eigenvalue weighted by molar-refractivity contribution is 5.92. The standard InChI is InChI=1S/C15H20N2O2.ClH/c16-15(18)11-2-4-13(5-3-11)19-9-1-7-17-8-6-12-10-14(12)17;/h2-5,12,14H,1,6-10H2,(H2,16,18);1H/t12-,14+;/m1./s1. The van der Waals surface area contributed by atoms with E-state index in [9.17, 15) is 4.79 Å². The van der Waals surface area contributed by atoms with E-state index in [-0.39, 0.29) is 12.4 Å². The number of nitrogens with two attached hydrogens (primary N) is 1. The van der Waals surface area contributed by atoms with Gasteiger partial charge in [-0.05, 0) is 56.0 Å². The van der Waals surface area contributed by atoms with E-state index in [0.29, 0.717) is 5.56 Å². The van der Waals surface area contributed by atoms with Gasteiger partial charge in [0.15, 0.2) is 0 Å². The van der Waals surface area contributed by atoms with Crippen LogP contribution in [0.2, 0.25) is 0 Å². The molecule has 2 fully saturated rings. The first-order valence-corrected chi connectivity index (χ1v) is 7.01. The number of ether oxygens (including phenoxy) is 1. The lowest BCUT2D eigenvalue weighted by atomic mass is 10.2. The van der Waals surface area contributed by atoms with Crippen molar-refractivity contribution in [3.05, 3.63) is 29.8 Å². The van der Waals surface area contributed by atoms with E-state index < -0.39 is 5.91 Å². The number of likely N-dealkylation sites (tertiary alicyclic amines) is 1. The molecule has 1 amide bonds. The van der Waals surface area contributed by atoms with Crippen LogP contribution < -0.4 is 10.5 Å². The van der Waals surface area contributed by atoms with Crippen LogP contribution in [-0.2, 0) is 0 Å². The molecule has 1 saturated carbocycles. The van der Waals surface area contributed by atoms with Crippen molar-refractivity contribution in [1.29, 1.82) is 0 Å². The van der Waals surface area contributed by atoms with Gasteiger partial charge in [0.25, 0.3) is 0 Å². The Balaban J connectivity index is 0.00000147. The smallest absolute Gasteiger partial charge is 0.248 e. The van der Waals surface area contributed by atoms with Crippen molar-refractivity contribution in [2.75, 3.05) is 19.7 Å². The molecule has 2 N–H and O–H groups in total. The molecule has 0 bridgehead atoms. The summed E-state index contributed by atoms with van der Waals surface area (Å²) in [4.78, 5) is 13.5. The molecule has 0 radical (unpaired) electrons. The molecule has 110 valence electrons. The molecule has 20 heavy (non-hydrogen) atoms. The van der Waals surface area contributed by atoms with E-state index in [0.717, 1.165) is 37.3 Å². The Kier molecular flexibility index (Phi) is 4.89. The van der Waals surface area contributed by atoms with Gasteiger partial charge < -0.3 is 10.5 Å². The SMILES string of the molecule is Cl.NC(=O)c1ccc(OCCCN2CC[C@@H]3C[C@@H]32)cc1. The van der Waals surface area contributed by atoms with Gasteiger partial charge in [-0.1, -0.05) is 0 Å². The van der Waals surface area contributed by atoms with Crippen LogP contribution in [-0.4, -0.2) is 36.5 Å². The normalized spacial score (nSPS) is 23.8. The van der Waals surface area contributed by atoms with Crippen molar-refractivity contribution >= 4 is 18.3 Å². The maximum Gasteiger partial charge on any atom is 0.248 e. The second-order valence-electron chi connectivity index (χ2n) is 5.48. The molecular formula is C15H21ClN2O2. The molecular weight excluding hydrogens is 276 g/mol. The molecule has 1 heterocycles. The largest absolute Gasteiger partial charge is 0.494 e. The molecule has 0 aromatic heterocycles. The number of carbonyl (C=O) groups excluding carboxylic acids is 1. The number of rotatable bonds is 6. The average molecular weight is 297 g/mol. The molecule has 2 atom stereocenters. The number of benzene rings is 1. The quantitative estimate of drug-likeness (QED) is 0.818. The summed E-state index contributed by atoms with van der Waals surface area (Å²) in [6, 6.07) is 7.88. The van der Waals surface area contributed by atoms with E-state index in [1.807, 2.05) is 0 Å². The average Bonchev–Trinajstić information content (AvgIpc) is 3.09. The minimum Gasteiger partial charge on any atom is -0.494 e. The fourth-order valence-electron chi connectivity index (χ4n) is 2.94. The Morgan fingerprint density at radius 1 is 1.35 bits per heavy atom. The number of amides is 1. The third-order valence-corrected chi connectivity index (χ3v) is 4.14. The predicted molar refractivity (Wildman–Crippen MR) is 80.4 cm³/mol. The van der Waals surface area contributed by atoms with E-state index in [2.05, 4.69) is 4.90 Å². The topological polar surface area (TPSA) is 55.6 Å². The zero-order chi connectivity index (χ0) is 13.2. The third-order valence-electron chi connectivity index (χ3n) is 4.14. The highest BCUT2D eigenvalue weighted by atomic mass is 35.5. The van der Waals surface area contributed by atoms with Crippen LogP contribution in [0.3, 0.4) is 0 Å². The molecule has 1 aliphatic heterocycles. The van der Waals surface area contributed by atoms with Gasteiger partial charge in [0.05, 0.1) is 6.61 Å². The summed E-state index contributed by atoms with van der Waals surface area (Å²) >= 11 is 0. The van der Waals surface area contributed by atoms with Crippen molar-refractivity contribution in [1.82, 2.24) is 4.90 Å². The number of piperidine rings is 1. The van der Waals surface area contributed by atoms with E-state index in [1.165, 1.54) is 19.4 Å². The molecule has 0 unspecified atom stereocenters. The van der Waals surface area contributed by atoms with Crippen molar-refractivity contribution < 1.29 is 9.53 Å². The minimum atomic E-state index is -0.403. The van der Waals surface area contributed by atoms with E-state index >= 15 is 0 Å². The van der Waals surface area contributed by atoms with Crippen LogP contribution in [0, 0.1) is 5.92 Å². The summed E-state index contributed by atoms with van der Waals surface area (Å²) in [6.45, 7) is 3.13. The van der Waals surface area contributed by atoms with Crippen molar-refractivity contribution in [3.63, 3.8) is 0 Å². The molecule has 4 nitrogen and oxygen atoms in total. The molecule has 5 heteroatoms. The minimum absolute atomic E-state index is 0. The molecule has 1 aromatic carbocycles. The lowest BCUT2D eigenvalue weighted by Gasteiger charge is -2.17. The molecule has 3 rings (SSSR count). The summed E-state index contributed by atoms with van der Waals surface area (Å²) in [5.74, 6) is 1.40. The summed E-state index contributed by atoms with van der Waals surface area (Å²) in [5, 5.41) is 0. The summed E-state index contributed by atoms with van der Waals surface area (Å²) in [5.41, 5.74) is 5.70. The number of hydrogen-bond donors (Lipinski definition) is 1. The van der Waals surface area contributed by atoms with Crippen molar-refractivity contribution in [2.45, 2.75) is 25.3 Å². The Morgan fingerprint density at radius 3 is 2.65 bits per heavy atom. The fourth-order valence-corrected chi connectivity index (χ4v) is 2.94. The van der Waals surface area contributed by atoms with Gasteiger partial charge >= 0.3 is 0 Å². The maximum absolute atomic E-state index is 10.9. The van der Waals surface area contributed by atoms with Gasteiger partial charge in [-0.25, -0.2) is 0 Å². The first-order valence-electron chi connectivity index (χ1n) is 7.01. The Hall–Kier alpha value is -1.26. The number of primary amides is 1. The van der Waals surface area contributed by atoms with Crippen LogP contribution >= 0.6 is 12.4 Å². The highest BCUT2D eigenvalue weighted by Crippen LogP contribution is 2.44. The monoisotopic (exact) mass is 296 g/mol. The van der Waals surface area contributed by atoms with Gasteiger partial charge in [-0.3, -0.25) is 9.69 Å². The van der Waals surface area contributed by atoms with Crippen LogP contribution in [0.15, 0.2) is 24.3 Å². The molecule has 1 saturated heterocycles. The van der Waals surface area contributed by atoms with E-state index in [4.69, 9.17) is 10.5 Å². The lowest BCUT2D eigenvalue weighted by molar-refractivity contribution is 0.100. The predicted octanol–water partition coefficient (Wildman–Crippen LogP) is 2.07. The van der Waals surface area contributed by atoms with Crippen LogP contribution in [0.1, 0.15) is 29.6 Å². The van der Waals surface area contributed by atoms with Crippen molar-refractivity contribution in [3.8, 4) is 5.75 Å². The third kappa shape index (κ3) is 3.44. The second kappa shape index (κ2) is 6.46. The first kappa shape index (κ1) is 15.1. The molecule has 1 aromatic rings. The van der Waals surface area contributed by atoms with Gasteiger partial charge in [0.1, 0.15) is 5.75 Å². The molecule has 2 aliphatic rings. The number of fused-ring (bicyclic) bond motifs is 1. The zero-order valence-electron chi connectivity index (χ0n) is 11.5. The van der Waals surface area contributed by atoms with Gasteiger partial charge in [0.2, 0.25) is 5.91 Å². The second-order valence-corrected chi connectivity index (χ2v) is 5.48. The summed E-state index contributed by atoms with van der Waals surface area (Å²) < 4.78 is 5.67. The zero-order valence-corrected chi connectivity index (χ0v) is 12.3. The number of hydrogen-bond acceptors (Lipinski definition) is 3. The lowest BCUT2D eigenvalue weighted by Crippen LogP contribution is -2.25. The Morgan fingerprint density at radius 2 is 2.10 bits per heavy atom. The van der Waals surface area contributed by atoms with Gasteiger partial charge in [-0.2, -0.15) is 0 Å². The van der Waals surface area contributed by atoms with Crippen molar-refractivity contribution in [2.24, 2.45) is 11.7 Å².